The van der Waals surface area contributed by atoms with E-state index in [1.165, 1.54) is 72.1 Å². The molecule has 110 heavy (non-hydrogen) atoms. The van der Waals surface area contributed by atoms with Crippen LogP contribution in [-0.4, -0.2) is 206 Å². The highest BCUT2D eigenvalue weighted by atomic mass is 32.1. The number of hydrogen-bond acceptors (Lipinski definition) is 34. The number of primary amides is 1. The van der Waals surface area contributed by atoms with E-state index in [0.717, 1.165) is 61.4 Å². The minimum atomic E-state index is -5.32. The lowest BCUT2D eigenvalue weighted by Crippen LogP contribution is -2.62. The topological polar surface area (TPSA) is 556 Å². The molecular weight excluding hydrogens is 1590 g/mol. The number of ether oxygens (including phenoxy) is 7. The Morgan fingerprint density at radius 2 is 1.47 bits per heavy atom. The van der Waals surface area contributed by atoms with Crippen LogP contribution < -0.4 is 41.9 Å². The Hall–Kier alpha value is -9.32. The number of aliphatic hydroxyl groups is 2. The third kappa shape index (κ3) is 17.5. The quantitative estimate of drug-likeness (QED) is 0.0205. The van der Waals surface area contributed by atoms with Crippen molar-refractivity contribution in [2.24, 2.45) is 5.73 Å². The number of allylic oxidation sites excluding steroid dienone is 1. The molecule has 1 unspecified atom stereocenters. The molecule has 0 aliphatic carbocycles. The summed E-state index contributed by atoms with van der Waals surface area (Å²) >= 11 is 4.00. The molecule has 7 aromatic heterocycles. The number of hydrogen-bond donors (Lipinski definition) is 12. The number of amides is 6. The number of nitrogens with zero attached hydrogens (tertiary/aromatic N) is 8. The van der Waals surface area contributed by atoms with Gasteiger partial charge in [-0.25, -0.2) is 57.7 Å². The number of pyridine rings is 1. The van der Waals surface area contributed by atoms with Crippen LogP contribution in [0.15, 0.2) is 69.2 Å². The number of rotatable bonds is 17. The van der Waals surface area contributed by atoms with E-state index in [2.05, 4.69) is 52.6 Å². The third-order valence-corrected chi connectivity index (χ3v) is 22.5. The van der Waals surface area contributed by atoms with Crippen molar-refractivity contribution in [3.05, 3.63) is 124 Å². The average Bonchev–Trinajstić information content (AvgIpc) is 1.60. The summed E-state index contributed by atoms with van der Waals surface area (Å²) in [6.45, 7) is 4.67. The Morgan fingerprint density at radius 1 is 0.827 bits per heavy atom. The number of likely N-dealkylation sites (N-methyl/N-ethyl adjacent to an activating group) is 1. The first kappa shape index (κ1) is 80.2. The minimum Gasteiger partial charge on any atom is -0.499 e. The van der Waals surface area contributed by atoms with E-state index in [0.29, 0.717) is 0 Å². The molecule has 1 fully saturated rings. The van der Waals surface area contributed by atoms with Crippen LogP contribution in [0, 0.1) is 0 Å². The summed E-state index contributed by atoms with van der Waals surface area (Å²) in [4.78, 5) is 191. The molecule has 0 radical (unpaired) electrons. The summed E-state index contributed by atoms with van der Waals surface area (Å²) in [6, 6.07) is -0.0631. The molecule has 40 nitrogen and oxygen atoms in total. The van der Waals surface area contributed by atoms with E-state index >= 15 is 19.2 Å². The Kier molecular flexibility index (Phi) is 23.7. The van der Waals surface area contributed by atoms with Crippen LogP contribution in [0.25, 0.3) is 49.3 Å². The number of phosphoric ester groups is 2. The van der Waals surface area contributed by atoms with Gasteiger partial charge in [-0.2, -0.15) is 4.73 Å². The number of nitrogens with one attached hydrogen (secondary N) is 5. The maximum atomic E-state index is 15.6. The van der Waals surface area contributed by atoms with Gasteiger partial charge < -0.3 is 105 Å². The van der Waals surface area contributed by atoms with Crippen LogP contribution in [0.5, 0.6) is 5.75 Å². The zero-order valence-corrected chi connectivity index (χ0v) is 64.2. The molecule has 10 atom stereocenters. The fraction of sp³-hybridized carbons (Fsp3) is 0.365. The lowest BCUT2D eigenvalue weighted by Gasteiger charge is -2.48. The molecule has 12 rings (SSSR count). The van der Waals surface area contributed by atoms with Gasteiger partial charge >= 0.3 is 27.6 Å². The largest absolute Gasteiger partial charge is 0.499 e. The van der Waals surface area contributed by atoms with Crippen molar-refractivity contribution in [2.75, 3.05) is 41.4 Å². The van der Waals surface area contributed by atoms with Gasteiger partial charge in [-0.3, -0.25) is 28.8 Å². The van der Waals surface area contributed by atoms with E-state index in [1.54, 1.807) is 32.8 Å². The number of methoxy groups -OCH3 is 1. The van der Waals surface area contributed by atoms with E-state index in [9.17, 15) is 58.1 Å². The molecule has 12 bridgehead atoms. The molecule has 1 aromatic carbocycles. The monoisotopic (exact) mass is 1660 g/mol. The van der Waals surface area contributed by atoms with Gasteiger partial charge in [0.15, 0.2) is 30.6 Å². The molecule has 13 N–H and O–H groups in total. The number of nitrogens with two attached hydrogens (primary N) is 1. The summed E-state index contributed by atoms with van der Waals surface area (Å²) in [7, 11) is -5.86. The van der Waals surface area contributed by atoms with Gasteiger partial charge in [-0.15, -0.1) is 56.7 Å². The number of aliphatic hydroxyl groups excluding tert-OH is 1. The number of fused-ring (bicyclic) bond motifs is 15. The number of cyclic esters (lactones) is 2. The molecule has 4 aliphatic rings. The molecule has 8 aromatic rings. The summed E-state index contributed by atoms with van der Waals surface area (Å²) in [5, 5.41) is 42.4. The summed E-state index contributed by atoms with van der Waals surface area (Å²) in [5.41, 5.74) is 0.513. The predicted molar refractivity (Wildman–Crippen MR) is 384 cm³/mol. The number of carbonyl (C=O) groups is 8. The van der Waals surface area contributed by atoms with Gasteiger partial charge in [0.05, 0.1) is 48.8 Å². The number of aromatic nitrogens is 7. The van der Waals surface area contributed by atoms with E-state index in [1.807, 2.05) is 0 Å². The van der Waals surface area contributed by atoms with Crippen molar-refractivity contribution in [1.82, 2.24) is 66.1 Å². The minimum absolute atomic E-state index is 0.00657. The van der Waals surface area contributed by atoms with Gasteiger partial charge in [0.2, 0.25) is 12.7 Å². The fourth-order valence-corrected chi connectivity index (χ4v) is 16.8. The number of benzene rings is 1. The van der Waals surface area contributed by atoms with E-state index in [4.69, 9.17) is 63.2 Å². The zero-order valence-electron chi connectivity index (χ0n) is 58.3. The molecule has 1 saturated heterocycles. The second-order valence-corrected chi connectivity index (χ2v) is 31.9. The van der Waals surface area contributed by atoms with Crippen LogP contribution in [0.1, 0.15) is 125 Å². The lowest BCUT2D eigenvalue weighted by atomic mass is 9.85. The van der Waals surface area contributed by atoms with Crippen LogP contribution in [0.3, 0.4) is 0 Å². The normalized spacial score (nSPS) is 23.0. The Bertz CT molecular complexity index is 5120. The first-order chi connectivity index (χ1) is 52.0. The van der Waals surface area contributed by atoms with E-state index in [-0.39, 0.29) is 116 Å². The van der Waals surface area contributed by atoms with Crippen LogP contribution in [0.4, 0.5) is 0 Å². The lowest BCUT2D eigenvalue weighted by molar-refractivity contribution is -0.280. The maximum absolute atomic E-state index is 15.6. The highest BCUT2D eigenvalue weighted by Gasteiger charge is 2.50. The molecule has 47 heteroatoms. The van der Waals surface area contributed by atoms with Crippen molar-refractivity contribution in [3.63, 3.8) is 0 Å². The first-order valence-electron chi connectivity index (χ1n) is 32.3. The number of esters is 2. The standard InChI is InChI=1S/C63H66N14O26P2S5/c1-24(50(64)79)65-51(80)33-19-109-59(70-33)44-38(98-22-100-104(88,89)90)12-29-43(72-44)32-17-107-57(67-32)31-16-97-61(85)46-30-15-95-47(48(103-39-13-63(5,87)49(76(6)7)27(4)102-39)62(86)96-14-28-10-9-11-37(40(28)30)77(46)99-23-101-105(91,92)93)45(60-71-34(20-110-60)52(81)66-31)75-54(83)36-21-108-58(69-36)42(26(3)94-8)74-55(84)41(25(2)78)73-53(82)35-18-106-56(29)68-35/h9-12,17-21,25,27,31,39,41,45,47-49,78,87H,1,13-16,22-23H2,2-8H3,(H2,64,79)(H,65,80)(H,66,81)(H,73,82)(H,74,84)(H,75,83)(H2,88,89,90)(H2,91,92,93)/b42-26+/t25-,27+,31+,39+,41+,45+,47+,48+,49?,63+/m1/s1. The Labute approximate surface area is 640 Å². The molecular formula is C63H66N14O26P2S5. The van der Waals surface area contributed by atoms with Gasteiger partial charge in [0.25, 0.3) is 29.5 Å². The van der Waals surface area contributed by atoms with Crippen molar-refractivity contribution in [1.29, 1.82) is 0 Å². The summed E-state index contributed by atoms with van der Waals surface area (Å²) in [5.74, 6) is -8.96. The van der Waals surface area contributed by atoms with Crippen molar-refractivity contribution in [3.8, 4) is 38.4 Å². The summed E-state index contributed by atoms with van der Waals surface area (Å²) in [6.07, 6.45) is -8.13. The summed E-state index contributed by atoms with van der Waals surface area (Å²) < 4.78 is 78.2. The third-order valence-electron chi connectivity index (χ3n) is 17.1. The van der Waals surface area contributed by atoms with Crippen molar-refractivity contribution in [2.45, 2.75) is 108 Å². The van der Waals surface area contributed by atoms with E-state index < -0.39 is 168 Å². The smallest absolute Gasteiger partial charge is 0.472 e. The average molecular weight is 1660 g/mol. The molecule has 584 valence electrons. The zero-order chi connectivity index (χ0) is 79.2. The molecule has 11 heterocycles. The molecule has 0 spiro atoms. The van der Waals surface area contributed by atoms with Gasteiger partial charge in [0.1, 0.15) is 114 Å². The first-order valence-corrected chi connectivity index (χ1v) is 39.8. The molecule has 4 aliphatic heterocycles. The van der Waals surface area contributed by atoms with Gasteiger partial charge in [0, 0.05) is 49.8 Å². The second-order valence-electron chi connectivity index (χ2n) is 25.0. The Morgan fingerprint density at radius 3 is 2.16 bits per heavy atom. The SMILES string of the molecule is C=C(NC(=O)c1csc(-c2nc3c(cc2OCOP(=O)(O)O)-c2nc(cs2)C(=O)N[C@@H]([C@@H](C)O)C(=O)N/C(=C(\C)OC)c2nc(cs2)C(=O)N[C@@H]2c4nc(cs4)C(=O)N[C@@H](COC(=O)c4c5c6c(cccc6n4OCOP(=O)(O)O)COC(=O)[C@@H](O[C@H]4C[C@](C)(O)C(N(C)C)[C@H](C)O4)[C@H]2OC5)c2nc-3cs2)n1)C(N)=O. The van der Waals surface area contributed by atoms with Crippen LogP contribution in [0.2, 0.25) is 0 Å². The number of phosphoric acid groups is 2. The number of carbonyl (C=O) groups excluding carboxylic acids is 8. The maximum Gasteiger partial charge on any atom is 0.472 e. The van der Waals surface area contributed by atoms with Crippen LogP contribution >= 0.6 is 72.3 Å². The highest BCUT2D eigenvalue weighted by molar-refractivity contribution is 7.46. The van der Waals surface area contributed by atoms with Crippen molar-refractivity contribution < 1.29 is 124 Å². The van der Waals surface area contributed by atoms with Gasteiger partial charge in [-0.05, 0) is 59.5 Å². The molecule has 6 amide bonds. The van der Waals surface area contributed by atoms with Crippen LogP contribution in [-0.2, 0) is 74.2 Å². The highest BCUT2D eigenvalue weighted by Crippen LogP contribution is 2.45. The molecule has 0 saturated carbocycles. The number of thiazole rings is 5. The predicted octanol–water partition coefficient (Wildman–Crippen LogP) is 2.89. The van der Waals surface area contributed by atoms with Gasteiger partial charge in [-0.1, -0.05) is 18.7 Å². The fourth-order valence-electron chi connectivity index (χ4n) is 12.3. The Balaban J connectivity index is 1.08. The second kappa shape index (κ2) is 32.6. The van der Waals surface area contributed by atoms with Crippen molar-refractivity contribution >= 4 is 136 Å².